The molecule has 0 unspecified atom stereocenters. The number of hydrogen-bond acceptors (Lipinski definition) is 4. The zero-order chi connectivity index (χ0) is 21.4. The molecular formula is C23H22FN3O2S. The van der Waals surface area contributed by atoms with E-state index in [9.17, 15) is 14.0 Å². The van der Waals surface area contributed by atoms with Crippen LogP contribution in [0.3, 0.4) is 0 Å². The van der Waals surface area contributed by atoms with Gasteiger partial charge < -0.3 is 9.88 Å². The van der Waals surface area contributed by atoms with Gasteiger partial charge in [0.2, 0.25) is 5.91 Å². The van der Waals surface area contributed by atoms with E-state index in [2.05, 4.69) is 16.4 Å². The molecule has 1 amide bonds. The van der Waals surface area contributed by atoms with Gasteiger partial charge in [0.25, 0.3) is 5.56 Å². The van der Waals surface area contributed by atoms with Crippen molar-refractivity contribution < 1.29 is 9.18 Å². The summed E-state index contributed by atoms with van der Waals surface area (Å²) in [5.41, 5.74) is 3.81. The van der Waals surface area contributed by atoms with Crippen LogP contribution in [0.4, 0.5) is 10.2 Å². The maximum atomic E-state index is 13.9. The molecule has 1 aliphatic rings. The van der Waals surface area contributed by atoms with Crippen molar-refractivity contribution >= 4 is 23.5 Å². The smallest absolute Gasteiger partial charge is 0.279 e. The summed E-state index contributed by atoms with van der Waals surface area (Å²) in [5, 5.41) is 3.28. The van der Waals surface area contributed by atoms with Crippen LogP contribution in [-0.2, 0) is 17.6 Å². The van der Waals surface area contributed by atoms with Gasteiger partial charge in [0.15, 0.2) is 5.16 Å². The van der Waals surface area contributed by atoms with Gasteiger partial charge in [0, 0.05) is 25.1 Å². The molecule has 154 valence electrons. The van der Waals surface area contributed by atoms with Gasteiger partial charge in [-0.05, 0) is 36.6 Å². The number of benzene rings is 2. The lowest BCUT2D eigenvalue weighted by atomic mass is 9.84. The first-order valence-electron chi connectivity index (χ1n) is 9.69. The maximum Gasteiger partial charge on any atom is 0.279 e. The molecule has 0 spiro atoms. The van der Waals surface area contributed by atoms with Crippen LogP contribution >= 0.6 is 11.8 Å². The van der Waals surface area contributed by atoms with Crippen molar-refractivity contribution in [3.63, 3.8) is 0 Å². The number of nitrogens with zero attached hydrogens (tertiary/aromatic N) is 2. The number of halogens is 1. The van der Waals surface area contributed by atoms with Gasteiger partial charge in [0.05, 0.1) is 5.56 Å². The molecule has 0 radical (unpaired) electrons. The molecule has 0 saturated carbocycles. The van der Waals surface area contributed by atoms with E-state index in [1.165, 1.54) is 17.8 Å². The molecule has 7 heteroatoms. The molecule has 0 bridgehead atoms. The minimum atomic E-state index is -0.357. The summed E-state index contributed by atoms with van der Waals surface area (Å²) in [5.74, 6) is 0.0218. The fraction of sp³-hybridized carbons (Fsp3) is 0.261. The number of rotatable bonds is 4. The first-order chi connectivity index (χ1) is 14.3. The molecule has 0 saturated heterocycles. The number of fused-ring (bicyclic) bond motifs is 1. The Kier molecular flexibility index (Phi) is 5.47. The van der Waals surface area contributed by atoms with Gasteiger partial charge in [-0.25, -0.2) is 4.39 Å². The monoisotopic (exact) mass is 423 g/mol. The van der Waals surface area contributed by atoms with Crippen LogP contribution in [0.15, 0.2) is 52.4 Å². The van der Waals surface area contributed by atoms with Gasteiger partial charge in [-0.3, -0.25) is 9.59 Å². The SMILES string of the molecule is Cc1ccc([C@@H]2CC(=O)Nc3c2c(=O)nc(SCc2ccccc2F)n3C)c(C)c1. The third-order valence-corrected chi connectivity index (χ3v) is 6.49. The fourth-order valence-electron chi connectivity index (χ4n) is 3.90. The van der Waals surface area contributed by atoms with E-state index in [0.29, 0.717) is 27.9 Å². The van der Waals surface area contributed by atoms with Crippen LogP contribution < -0.4 is 10.9 Å². The zero-order valence-corrected chi connectivity index (χ0v) is 17.8. The molecule has 5 nitrogen and oxygen atoms in total. The first kappa shape index (κ1) is 20.3. The second-order valence-corrected chi connectivity index (χ2v) is 8.51. The number of anilines is 1. The number of nitrogens with one attached hydrogen (secondary N) is 1. The van der Waals surface area contributed by atoms with Gasteiger partial charge in [-0.1, -0.05) is 53.7 Å². The van der Waals surface area contributed by atoms with Crippen molar-refractivity contribution in [2.75, 3.05) is 5.32 Å². The molecule has 1 aliphatic heterocycles. The number of carbonyl (C=O) groups excluding carboxylic acids is 1. The third-order valence-electron chi connectivity index (χ3n) is 5.42. The third kappa shape index (κ3) is 3.77. The Morgan fingerprint density at radius 3 is 2.70 bits per heavy atom. The standard InChI is InChI=1S/C23H22FN3O2S/c1-13-8-9-16(14(2)10-13)17-11-19(28)25-21-20(17)22(29)26-23(27(21)3)30-12-15-6-4-5-7-18(15)24/h4-10,17H,11-12H2,1-3H3,(H,25,28)/t17-/m0/s1. The molecule has 1 atom stereocenters. The summed E-state index contributed by atoms with van der Waals surface area (Å²) in [6.07, 6.45) is 0.204. The van der Waals surface area contributed by atoms with Gasteiger partial charge in [0.1, 0.15) is 11.6 Å². The lowest BCUT2D eigenvalue weighted by molar-refractivity contribution is -0.116. The predicted octanol–water partition coefficient (Wildman–Crippen LogP) is 4.30. The molecule has 2 aromatic carbocycles. The van der Waals surface area contributed by atoms with Crippen molar-refractivity contribution in [3.05, 3.63) is 86.5 Å². The number of hydrogen-bond donors (Lipinski definition) is 1. The molecule has 3 aromatic rings. The van der Waals surface area contributed by atoms with Crippen LogP contribution in [0, 0.1) is 19.7 Å². The Hall–Kier alpha value is -2.93. The minimum Gasteiger partial charge on any atom is -0.312 e. The van der Waals surface area contributed by atoms with E-state index in [0.717, 1.165) is 16.7 Å². The molecular weight excluding hydrogens is 401 g/mol. The Balaban J connectivity index is 1.75. The predicted molar refractivity (Wildman–Crippen MR) is 116 cm³/mol. The molecule has 0 fully saturated rings. The summed E-state index contributed by atoms with van der Waals surface area (Å²) in [6.45, 7) is 4.00. The van der Waals surface area contributed by atoms with Gasteiger partial charge in [-0.15, -0.1) is 0 Å². The van der Waals surface area contributed by atoms with Crippen molar-refractivity contribution in [3.8, 4) is 0 Å². The lowest BCUT2D eigenvalue weighted by Gasteiger charge is -2.28. The summed E-state index contributed by atoms with van der Waals surface area (Å²) in [7, 11) is 1.76. The zero-order valence-electron chi connectivity index (χ0n) is 17.0. The van der Waals surface area contributed by atoms with Crippen LogP contribution in [0.5, 0.6) is 0 Å². The van der Waals surface area contributed by atoms with E-state index in [4.69, 9.17) is 0 Å². The average Bonchev–Trinajstić information content (AvgIpc) is 2.70. The molecule has 4 rings (SSSR count). The quantitative estimate of drug-likeness (QED) is 0.502. The minimum absolute atomic E-state index is 0.140. The molecule has 30 heavy (non-hydrogen) atoms. The average molecular weight is 424 g/mol. The van der Waals surface area contributed by atoms with Gasteiger partial charge >= 0.3 is 0 Å². The Morgan fingerprint density at radius 2 is 1.97 bits per heavy atom. The second kappa shape index (κ2) is 8.07. The highest BCUT2D eigenvalue weighted by Crippen LogP contribution is 2.37. The van der Waals surface area contributed by atoms with E-state index < -0.39 is 0 Å². The Morgan fingerprint density at radius 1 is 1.20 bits per heavy atom. The molecule has 1 aromatic heterocycles. The van der Waals surface area contributed by atoms with Crippen LogP contribution in [0.25, 0.3) is 0 Å². The maximum absolute atomic E-state index is 13.9. The number of thioether (sulfide) groups is 1. The second-order valence-electron chi connectivity index (χ2n) is 7.57. The van der Waals surface area contributed by atoms with Crippen molar-refractivity contribution in [2.45, 2.75) is 37.1 Å². The number of aromatic nitrogens is 2. The molecule has 0 aliphatic carbocycles. The van der Waals surface area contributed by atoms with E-state index >= 15 is 0 Å². The van der Waals surface area contributed by atoms with E-state index in [1.54, 1.807) is 29.8 Å². The lowest BCUT2D eigenvalue weighted by Crippen LogP contribution is -2.33. The molecule has 1 N–H and O–H groups in total. The Bertz CT molecular complexity index is 1210. The van der Waals surface area contributed by atoms with E-state index in [1.807, 2.05) is 26.0 Å². The van der Waals surface area contributed by atoms with Gasteiger partial charge in [-0.2, -0.15) is 4.98 Å². The number of carbonyl (C=O) groups is 1. The highest BCUT2D eigenvalue weighted by Gasteiger charge is 2.32. The summed E-state index contributed by atoms with van der Waals surface area (Å²) < 4.78 is 15.7. The number of amides is 1. The normalized spacial score (nSPS) is 15.6. The fourth-order valence-corrected chi connectivity index (χ4v) is 4.86. The number of aryl methyl sites for hydroxylation is 2. The Labute approximate surface area is 178 Å². The van der Waals surface area contributed by atoms with Crippen LogP contribution in [0.1, 0.15) is 40.2 Å². The topological polar surface area (TPSA) is 64.0 Å². The summed E-state index contributed by atoms with van der Waals surface area (Å²) in [4.78, 5) is 29.8. The van der Waals surface area contributed by atoms with Crippen molar-refractivity contribution in [1.29, 1.82) is 0 Å². The van der Waals surface area contributed by atoms with Crippen LogP contribution in [0.2, 0.25) is 0 Å². The highest BCUT2D eigenvalue weighted by atomic mass is 32.2. The van der Waals surface area contributed by atoms with Crippen molar-refractivity contribution in [1.82, 2.24) is 9.55 Å². The van der Waals surface area contributed by atoms with Crippen LogP contribution in [-0.4, -0.2) is 15.5 Å². The summed E-state index contributed by atoms with van der Waals surface area (Å²) >= 11 is 1.27. The first-order valence-corrected chi connectivity index (χ1v) is 10.7. The van der Waals surface area contributed by atoms with Crippen molar-refractivity contribution in [2.24, 2.45) is 7.05 Å². The van der Waals surface area contributed by atoms with E-state index in [-0.39, 0.29) is 29.6 Å². The highest BCUT2D eigenvalue weighted by molar-refractivity contribution is 7.98. The molecule has 2 heterocycles. The largest absolute Gasteiger partial charge is 0.312 e. The summed E-state index contributed by atoms with van der Waals surface area (Å²) in [6, 6.07) is 12.5.